The molecule has 2 rings (SSSR count). The Morgan fingerprint density at radius 2 is 1.89 bits per heavy atom. The van der Waals surface area contributed by atoms with Gasteiger partial charge in [0.1, 0.15) is 11.6 Å². The third kappa shape index (κ3) is 3.61. The number of benzene rings is 2. The first-order valence-electron chi connectivity index (χ1n) is 6.46. The molecule has 0 unspecified atom stereocenters. The minimum Gasteiger partial charge on any atom is -0.313 e. The monoisotopic (exact) mass is 261 g/mol. The van der Waals surface area contributed by atoms with Gasteiger partial charge in [0.25, 0.3) is 0 Å². The van der Waals surface area contributed by atoms with Crippen molar-refractivity contribution in [2.45, 2.75) is 19.9 Å². The third-order valence-corrected chi connectivity index (χ3v) is 2.93. The fourth-order valence-corrected chi connectivity index (χ4v) is 1.98. The number of hydrogen-bond acceptors (Lipinski definition) is 1. The van der Waals surface area contributed by atoms with Gasteiger partial charge in [0.15, 0.2) is 0 Å². The molecule has 0 aliphatic rings. The van der Waals surface area contributed by atoms with Gasteiger partial charge in [-0.2, -0.15) is 0 Å². The van der Waals surface area contributed by atoms with Gasteiger partial charge in [-0.15, -0.1) is 0 Å². The summed E-state index contributed by atoms with van der Waals surface area (Å²) in [6.07, 6.45) is 1.08. The minimum absolute atomic E-state index is 0.429. The van der Waals surface area contributed by atoms with Crippen LogP contribution in [0.15, 0.2) is 42.5 Å². The van der Waals surface area contributed by atoms with E-state index in [1.54, 1.807) is 0 Å². The topological polar surface area (TPSA) is 12.0 Å². The molecule has 0 aromatic heterocycles. The second-order valence-corrected chi connectivity index (χ2v) is 4.50. The van der Waals surface area contributed by atoms with E-state index in [4.69, 9.17) is 0 Å². The van der Waals surface area contributed by atoms with E-state index in [2.05, 4.69) is 12.2 Å². The highest BCUT2D eigenvalue weighted by atomic mass is 19.1. The summed E-state index contributed by atoms with van der Waals surface area (Å²) in [6, 6.07) is 11.3. The molecule has 0 atom stereocenters. The summed E-state index contributed by atoms with van der Waals surface area (Å²) >= 11 is 0. The van der Waals surface area contributed by atoms with Crippen LogP contribution in [0, 0.1) is 11.6 Å². The van der Waals surface area contributed by atoms with Crippen molar-refractivity contribution >= 4 is 0 Å². The van der Waals surface area contributed by atoms with Gasteiger partial charge in [-0.3, -0.25) is 0 Å². The molecule has 1 N–H and O–H groups in total. The largest absolute Gasteiger partial charge is 0.313 e. The van der Waals surface area contributed by atoms with Crippen molar-refractivity contribution in [1.82, 2.24) is 5.32 Å². The van der Waals surface area contributed by atoms with Gasteiger partial charge in [-0.1, -0.05) is 25.1 Å². The van der Waals surface area contributed by atoms with E-state index in [0.717, 1.165) is 36.7 Å². The Balaban J connectivity index is 2.22. The number of rotatable bonds is 5. The van der Waals surface area contributed by atoms with E-state index in [-0.39, 0.29) is 0 Å². The van der Waals surface area contributed by atoms with Crippen LogP contribution >= 0.6 is 0 Å². The molecule has 0 amide bonds. The molecule has 0 heterocycles. The molecule has 0 fully saturated rings. The van der Waals surface area contributed by atoms with Crippen LogP contribution in [-0.4, -0.2) is 6.54 Å². The zero-order valence-electron chi connectivity index (χ0n) is 10.9. The van der Waals surface area contributed by atoms with Gasteiger partial charge in [-0.05, 0) is 42.3 Å². The van der Waals surface area contributed by atoms with Crippen LogP contribution in [0.5, 0.6) is 0 Å². The molecule has 2 aromatic carbocycles. The quantitative estimate of drug-likeness (QED) is 0.798. The Kier molecular flexibility index (Phi) is 4.63. The van der Waals surface area contributed by atoms with Crippen molar-refractivity contribution < 1.29 is 8.78 Å². The number of halogens is 2. The lowest BCUT2D eigenvalue weighted by Crippen LogP contribution is -2.13. The Bertz CT molecular complexity index is 552. The molecule has 0 saturated heterocycles. The standard InChI is InChI=1S/C16H17F2N/c1-2-8-19-11-12-4-3-5-13(9-12)15-7-6-14(17)10-16(15)18/h3-7,9-10,19H,2,8,11H2,1H3. The molecule has 0 aliphatic heterocycles. The van der Waals surface area contributed by atoms with E-state index >= 15 is 0 Å². The zero-order valence-corrected chi connectivity index (χ0v) is 10.9. The summed E-state index contributed by atoms with van der Waals surface area (Å²) in [4.78, 5) is 0. The van der Waals surface area contributed by atoms with Gasteiger partial charge >= 0.3 is 0 Å². The van der Waals surface area contributed by atoms with Crippen molar-refractivity contribution in [3.63, 3.8) is 0 Å². The first kappa shape index (κ1) is 13.7. The van der Waals surface area contributed by atoms with Crippen molar-refractivity contribution in [3.05, 3.63) is 59.7 Å². The average molecular weight is 261 g/mol. The number of hydrogen-bond donors (Lipinski definition) is 1. The van der Waals surface area contributed by atoms with E-state index in [9.17, 15) is 8.78 Å². The van der Waals surface area contributed by atoms with Crippen molar-refractivity contribution in [2.75, 3.05) is 6.54 Å². The van der Waals surface area contributed by atoms with Gasteiger partial charge in [-0.25, -0.2) is 8.78 Å². The van der Waals surface area contributed by atoms with Crippen LogP contribution in [0.3, 0.4) is 0 Å². The smallest absolute Gasteiger partial charge is 0.133 e. The minimum atomic E-state index is -0.554. The molecule has 0 radical (unpaired) electrons. The highest BCUT2D eigenvalue weighted by Crippen LogP contribution is 2.24. The first-order chi connectivity index (χ1) is 9.20. The predicted octanol–water partition coefficient (Wildman–Crippen LogP) is 4.13. The van der Waals surface area contributed by atoms with Gasteiger partial charge in [0, 0.05) is 18.2 Å². The van der Waals surface area contributed by atoms with Crippen LogP contribution in [0.1, 0.15) is 18.9 Å². The van der Waals surface area contributed by atoms with Crippen LogP contribution in [0.25, 0.3) is 11.1 Å². The summed E-state index contributed by atoms with van der Waals surface area (Å²) < 4.78 is 26.6. The molecule has 100 valence electrons. The van der Waals surface area contributed by atoms with Crippen molar-refractivity contribution in [1.29, 1.82) is 0 Å². The van der Waals surface area contributed by atoms with Crippen LogP contribution in [0.2, 0.25) is 0 Å². The Labute approximate surface area is 112 Å². The lowest BCUT2D eigenvalue weighted by atomic mass is 10.0. The Morgan fingerprint density at radius 3 is 2.63 bits per heavy atom. The summed E-state index contributed by atoms with van der Waals surface area (Å²) in [5.41, 5.74) is 2.29. The molecular weight excluding hydrogens is 244 g/mol. The Morgan fingerprint density at radius 1 is 1.05 bits per heavy atom. The van der Waals surface area contributed by atoms with Gasteiger partial charge in [0.05, 0.1) is 0 Å². The summed E-state index contributed by atoms with van der Waals surface area (Å²) in [5.74, 6) is -1.08. The normalized spacial score (nSPS) is 10.7. The zero-order chi connectivity index (χ0) is 13.7. The van der Waals surface area contributed by atoms with E-state index in [1.165, 1.54) is 12.1 Å². The molecule has 0 aliphatic carbocycles. The fraction of sp³-hybridized carbons (Fsp3) is 0.250. The summed E-state index contributed by atoms with van der Waals surface area (Å²) in [6.45, 7) is 3.82. The van der Waals surface area contributed by atoms with Crippen LogP contribution < -0.4 is 5.32 Å². The Hall–Kier alpha value is -1.74. The van der Waals surface area contributed by atoms with E-state index < -0.39 is 11.6 Å². The number of nitrogens with one attached hydrogen (secondary N) is 1. The average Bonchev–Trinajstić information content (AvgIpc) is 2.39. The highest BCUT2D eigenvalue weighted by Gasteiger charge is 2.06. The second kappa shape index (κ2) is 6.43. The molecule has 0 bridgehead atoms. The molecule has 19 heavy (non-hydrogen) atoms. The van der Waals surface area contributed by atoms with Gasteiger partial charge < -0.3 is 5.32 Å². The second-order valence-electron chi connectivity index (χ2n) is 4.50. The van der Waals surface area contributed by atoms with Gasteiger partial charge in [0.2, 0.25) is 0 Å². The summed E-state index contributed by atoms with van der Waals surface area (Å²) in [5, 5.41) is 3.30. The lowest BCUT2D eigenvalue weighted by Gasteiger charge is -2.07. The molecule has 1 nitrogen and oxygen atoms in total. The van der Waals surface area contributed by atoms with Crippen LogP contribution in [0.4, 0.5) is 8.78 Å². The maximum Gasteiger partial charge on any atom is 0.133 e. The molecule has 2 aromatic rings. The van der Waals surface area contributed by atoms with Crippen molar-refractivity contribution in [2.24, 2.45) is 0 Å². The molecule has 3 heteroatoms. The molecular formula is C16H17F2N. The third-order valence-electron chi connectivity index (χ3n) is 2.93. The van der Waals surface area contributed by atoms with Crippen molar-refractivity contribution in [3.8, 4) is 11.1 Å². The molecule has 0 saturated carbocycles. The first-order valence-corrected chi connectivity index (χ1v) is 6.46. The maximum absolute atomic E-state index is 13.7. The predicted molar refractivity (Wildman–Crippen MR) is 73.8 cm³/mol. The fourth-order valence-electron chi connectivity index (χ4n) is 1.98. The van der Waals surface area contributed by atoms with E-state index in [0.29, 0.717) is 5.56 Å². The maximum atomic E-state index is 13.7. The van der Waals surface area contributed by atoms with Crippen LogP contribution in [-0.2, 0) is 6.54 Å². The van der Waals surface area contributed by atoms with E-state index in [1.807, 2.05) is 24.3 Å². The SMILES string of the molecule is CCCNCc1cccc(-c2ccc(F)cc2F)c1. The highest BCUT2D eigenvalue weighted by molar-refractivity contribution is 5.64. The summed E-state index contributed by atoms with van der Waals surface area (Å²) in [7, 11) is 0. The lowest BCUT2D eigenvalue weighted by molar-refractivity contribution is 0.585. The molecule has 0 spiro atoms.